The summed E-state index contributed by atoms with van der Waals surface area (Å²) in [6.45, 7) is 2.70. The molecular weight excluding hydrogens is 240 g/mol. The molecule has 0 amide bonds. The molecule has 4 heteroatoms. The van der Waals surface area contributed by atoms with Crippen molar-refractivity contribution >= 4 is 11.7 Å². The molecule has 0 aliphatic heterocycles. The minimum atomic E-state index is -1.02. The third-order valence-electron chi connectivity index (χ3n) is 2.98. The van der Waals surface area contributed by atoms with E-state index in [1.54, 1.807) is 12.1 Å². The van der Waals surface area contributed by atoms with E-state index in [1.165, 1.54) is 17.3 Å². The van der Waals surface area contributed by atoms with Crippen LogP contribution in [0.25, 0.3) is 0 Å². The molecule has 2 N–H and O–H groups in total. The lowest BCUT2D eigenvalue weighted by Gasteiger charge is -2.11. The van der Waals surface area contributed by atoms with Gasteiger partial charge >= 0.3 is 5.97 Å². The maximum Gasteiger partial charge on any atom is 0.356 e. The molecule has 0 saturated heterocycles. The number of pyridine rings is 1. The number of nitrogens with zero attached hydrogens (tertiary/aromatic N) is 1. The first-order valence-electron chi connectivity index (χ1n) is 6.21. The third kappa shape index (κ3) is 3.10. The Balaban J connectivity index is 2.17. The van der Waals surface area contributed by atoms with Crippen LogP contribution < -0.4 is 5.32 Å². The van der Waals surface area contributed by atoms with E-state index in [4.69, 9.17) is 5.11 Å². The van der Waals surface area contributed by atoms with Crippen LogP contribution in [-0.2, 0) is 13.0 Å². The first kappa shape index (κ1) is 13.1. The molecule has 0 saturated carbocycles. The van der Waals surface area contributed by atoms with Crippen molar-refractivity contribution in [3.63, 3.8) is 0 Å². The number of rotatable bonds is 5. The maximum absolute atomic E-state index is 11.1. The zero-order valence-corrected chi connectivity index (χ0v) is 10.8. The summed E-state index contributed by atoms with van der Waals surface area (Å²) in [5, 5.41) is 12.2. The van der Waals surface area contributed by atoms with Crippen molar-refractivity contribution < 1.29 is 9.90 Å². The third-order valence-corrected chi connectivity index (χ3v) is 2.98. The van der Waals surface area contributed by atoms with Crippen molar-refractivity contribution in [3.8, 4) is 0 Å². The Morgan fingerprint density at radius 3 is 2.63 bits per heavy atom. The van der Waals surface area contributed by atoms with Gasteiger partial charge in [0.25, 0.3) is 0 Å². The largest absolute Gasteiger partial charge is 0.476 e. The van der Waals surface area contributed by atoms with Gasteiger partial charge in [-0.05, 0) is 29.7 Å². The van der Waals surface area contributed by atoms with E-state index in [-0.39, 0.29) is 5.69 Å². The Hall–Kier alpha value is -2.36. The van der Waals surface area contributed by atoms with Crippen molar-refractivity contribution in [1.82, 2.24) is 4.98 Å². The number of aromatic nitrogens is 1. The number of carbonyl (C=O) groups is 1. The molecular formula is C15H16N2O2. The first-order chi connectivity index (χ1) is 9.22. The molecule has 0 bridgehead atoms. The second kappa shape index (κ2) is 6.00. The highest BCUT2D eigenvalue weighted by Gasteiger charge is 2.10. The monoisotopic (exact) mass is 256 g/mol. The molecule has 0 radical (unpaired) electrons. The number of nitrogens with one attached hydrogen (secondary N) is 1. The van der Waals surface area contributed by atoms with Crippen LogP contribution in [0, 0.1) is 0 Å². The number of carboxylic acid groups (broad SMARTS) is 1. The Bertz CT molecular complexity index is 582. The van der Waals surface area contributed by atoms with E-state index in [0.29, 0.717) is 12.2 Å². The van der Waals surface area contributed by atoms with E-state index in [2.05, 4.69) is 23.3 Å². The zero-order valence-electron chi connectivity index (χ0n) is 10.8. The van der Waals surface area contributed by atoms with Gasteiger partial charge in [-0.25, -0.2) is 9.78 Å². The summed E-state index contributed by atoms with van der Waals surface area (Å²) in [4.78, 5) is 14.9. The molecule has 1 heterocycles. The molecule has 4 nitrogen and oxygen atoms in total. The van der Waals surface area contributed by atoms with Gasteiger partial charge in [-0.2, -0.15) is 0 Å². The van der Waals surface area contributed by atoms with Gasteiger partial charge < -0.3 is 10.4 Å². The van der Waals surface area contributed by atoms with Crippen LogP contribution in [0.15, 0.2) is 42.6 Å². The van der Waals surface area contributed by atoms with Crippen LogP contribution in [-0.4, -0.2) is 16.1 Å². The fourth-order valence-electron chi connectivity index (χ4n) is 1.98. The summed E-state index contributed by atoms with van der Waals surface area (Å²) in [7, 11) is 0. The number of hydrogen-bond acceptors (Lipinski definition) is 3. The Labute approximate surface area is 112 Å². The van der Waals surface area contributed by atoms with Crippen molar-refractivity contribution in [1.29, 1.82) is 0 Å². The highest BCUT2D eigenvalue weighted by Crippen LogP contribution is 2.15. The molecule has 1 aromatic carbocycles. The van der Waals surface area contributed by atoms with Gasteiger partial charge in [0.2, 0.25) is 0 Å². The molecule has 0 atom stereocenters. The number of benzene rings is 1. The smallest absolute Gasteiger partial charge is 0.356 e. The lowest BCUT2D eigenvalue weighted by atomic mass is 10.1. The molecule has 0 spiro atoms. The van der Waals surface area contributed by atoms with E-state index >= 15 is 0 Å². The van der Waals surface area contributed by atoms with Crippen LogP contribution in [0.5, 0.6) is 0 Å². The quantitative estimate of drug-likeness (QED) is 0.863. The van der Waals surface area contributed by atoms with Gasteiger partial charge in [0.05, 0.1) is 5.69 Å². The van der Waals surface area contributed by atoms with Crippen molar-refractivity contribution in [3.05, 3.63) is 59.4 Å². The zero-order chi connectivity index (χ0) is 13.7. The van der Waals surface area contributed by atoms with E-state index in [0.717, 1.165) is 6.42 Å². The first-order valence-corrected chi connectivity index (χ1v) is 6.21. The van der Waals surface area contributed by atoms with Crippen LogP contribution >= 0.6 is 0 Å². The lowest BCUT2D eigenvalue weighted by Crippen LogP contribution is -2.09. The van der Waals surface area contributed by atoms with Gasteiger partial charge in [0.1, 0.15) is 0 Å². The molecule has 0 fully saturated rings. The van der Waals surface area contributed by atoms with Crippen molar-refractivity contribution in [2.45, 2.75) is 19.9 Å². The van der Waals surface area contributed by atoms with E-state index < -0.39 is 5.97 Å². The van der Waals surface area contributed by atoms with Crippen LogP contribution in [0.1, 0.15) is 28.5 Å². The van der Waals surface area contributed by atoms with Crippen LogP contribution in [0.2, 0.25) is 0 Å². The normalized spacial score (nSPS) is 10.2. The highest BCUT2D eigenvalue weighted by molar-refractivity contribution is 5.91. The van der Waals surface area contributed by atoms with Gasteiger partial charge in [-0.15, -0.1) is 0 Å². The number of aryl methyl sites for hydroxylation is 1. The summed E-state index contributed by atoms with van der Waals surface area (Å²) in [6.07, 6.45) is 2.44. The Kier molecular flexibility index (Phi) is 4.13. The highest BCUT2D eigenvalue weighted by atomic mass is 16.4. The Morgan fingerprint density at radius 1 is 1.21 bits per heavy atom. The molecule has 1 aromatic heterocycles. The maximum atomic E-state index is 11.1. The van der Waals surface area contributed by atoms with E-state index in [9.17, 15) is 4.79 Å². The summed E-state index contributed by atoms with van der Waals surface area (Å²) in [6, 6.07) is 11.6. The molecule has 98 valence electrons. The average Bonchev–Trinajstić information content (AvgIpc) is 2.45. The van der Waals surface area contributed by atoms with Gasteiger partial charge in [-0.3, -0.25) is 0 Å². The molecule has 0 aliphatic carbocycles. The summed E-state index contributed by atoms with van der Waals surface area (Å²) >= 11 is 0. The van der Waals surface area contributed by atoms with Gasteiger partial charge in [0.15, 0.2) is 5.69 Å². The van der Waals surface area contributed by atoms with E-state index in [1.807, 2.05) is 18.2 Å². The van der Waals surface area contributed by atoms with Crippen molar-refractivity contribution in [2.24, 2.45) is 0 Å². The topological polar surface area (TPSA) is 62.2 Å². The average molecular weight is 256 g/mol. The number of aromatic carboxylic acids is 1. The van der Waals surface area contributed by atoms with Crippen LogP contribution in [0.3, 0.4) is 0 Å². The lowest BCUT2D eigenvalue weighted by molar-refractivity contribution is 0.0691. The minimum absolute atomic E-state index is 0.0523. The molecule has 2 aromatic rings. The van der Waals surface area contributed by atoms with Gasteiger partial charge in [0, 0.05) is 12.7 Å². The Morgan fingerprint density at radius 2 is 1.95 bits per heavy atom. The minimum Gasteiger partial charge on any atom is -0.476 e. The number of carboxylic acids is 1. The van der Waals surface area contributed by atoms with Crippen LogP contribution in [0.4, 0.5) is 5.69 Å². The number of anilines is 1. The van der Waals surface area contributed by atoms with Crippen molar-refractivity contribution in [2.75, 3.05) is 5.32 Å². The predicted octanol–water partition coefficient (Wildman–Crippen LogP) is 2.95. The summed E-state index contributed by atoms with van der Waals surface area (Å²) in [5.41, 5.74) is 3.03. The molecule has 0 unspecified atom stereocenters. The fourth-order valence-corrected chi connectivity index (χ4v) is 1.98. The second-order valence-electron chi connectivity index (χ2n) is 4.18. The fraction of sp³-hybridized carbons (Fsp3) is 0.200. The predicted molar refractivity (Wildman–Crippen MR) is 74.3 cm³/mol. The summed E-state index contributed by atoms with van der Waals surface area (Å²) in [5.74, 6) is -1.02. The SMILES string of the molecule is CCc1ccccc1CNc1cccnc1C(=O)O. The standard InChI is InChI=1S/C15H16N2O2/c1-2-11-6-3-4-7-12(11)10-17-13-8-5-9-16-14(13)15(18)19/h3-9,17H,2,10H2,1H3,(H,18,19). The molecule has 2 rings (SSSR count). The number of hydrogen-bond donors (Lipinski definition) is 2. The second-order valence-corrected chi connectivity index (χ2v) is 4.18. The van der Waals surface area contributed by atoms with Gasteiger partial charge in [-0.1, -0.05) is 31.2 Å². The summed E-state index contributed by atoms with van der Waals surface area (Å²) < 4.78 is 0. The molecule has 0 aliphatic rings. The molecule has 19 heavy (non-hydrogen) atoms.